The van der Waals surface area contributed by atoms with E-state index in [2.05, 4.69) is 61.9 Å². The number of amides is 1. The van der Waals surface area contributed by atoms with Crippen LogP contribution in [0, 0.1) is 0 Å². The summed E-state index contributed by atoms with van der Waals surface area (Å²) in [6, 6.07) is 9.20. The third kappa shape index (κ3) is 11.3. The normalized spacial score (nSPS) is 14.9. The second-order valence-corrected chi connectivity index (χ2v) is 6.33. The summed E-state index contributed by atoms with van der Waals surface area (Å²) in [4.78, 5) is 9.70. The predicted octanol–water partition coefficient (Wildman–Crippen LogP) is 5.66. The molecule has 1 aromatic rings. The zero-order chi connectivity index (χ0) is 19.8. The Bertz CT molecular complexity index is 575. The molecule has 0 bridgehead atoms. The number of anilines is 1. The maximum absolute atomic E-state index is 9.70. The fourth-order valence-electron chi connectivity index (χ4n) is 2.37. The van der Waals surface area contributed by atoms with Crippen molar-refractivity contribution in [3.63, 3.8) is 0 Å². The van der Waals surface area contributed by atoms with Gasteiger partial charge in [-0.3, -0.25) is 4.79 Å². The van der Waals surface area contributed by atoms with Gasteiger partial charge in [0.25, 0.3) is 0 Å². The molecule has 0 spiro atoms. The van der Waals surface area contributed by atoms with Crippen LogP contribution >= 0.6 is 0 Å². The molecule has 0 aliphatic carbocycles. The van der Waals surface area contributed by atoms with E-state index in [0.717, 1.165) is 6.42 Å². The Balaban J connectivity index is 0.000000388. The van der Waals surface area contributed by atoms with Gasteiger partial charge in [-0.15, -0.1) is 0 Å². The molecule has 3 heteroatoms. The highest BCUT2D eigenvalue weighted by Gasteiger charge is 2.11. The third-order valence-electron chi connectivity index (χ3n) is 4.03. The number of fused-ring (bicyclic) bond motifs is 1. The van der Waals surface area contributed by atoms with Gasteiger partial charge >= 0.3 is 0 Å². The summed E-state index contributed by atoms with van der Waals surface area (Å²) < 4.78 is 0. The molecule has 0 saturated heterocycles. The monoisotopic (exact) mass is 356 g/mol. The number of hydrogen-bond acceptors (Lipinski definition) is 2. The summed E-state index contributed by atoms with van der Waals surface area (Å²) in [6.07, 6.45) is 11.8. The minimum Gasteiger partial charge on any atom is -0.382 e. The van der Waals surface area contributed by atoms with Crippen molar-refractivity contribution in [1.29, 1.82) is 0 Å². The van der Waals surface area contributed by atoms with Crippen LogP contribution in [-0.4, -0.2) is 19.0 Å². The Hall–Kier alpha value is -2.29. The summed E-state index contributed by atoms with van der Waals surface area (Å²) in [5.41, 5.74) is 4.08. The second-order valence-electron chi connectivity index (χ2n) is 6.33. The molecule has 0 aromatic heterocycles. The van der Waals surface area contributed by atoms with Crippen LogP contribution in [-0.2, 0) is 11.2 Å². The zero-order valence-electron chi connectivity index (χ0n) is 17.0. The van der Waals surface area contributed by atoms with E-state index in [-0.39, 0.29) is 5.91 Å². The molecular weight excluding hydrogens is 320 g/mol. The Morgan fingerprint density at radius 3 is 2.54 bits per heavy atom. The standard InChI is InChI=1S/C10H13N.C10H16.C3H7NO/c1-8-6-7-9-4-2-3-5-10(9)11-8;1-4-7-9-10(6-3)8-5-2;1-3(5)4-2/h2-5,8,11H,6-7H2,1H3;5-6,8H,2-4,7,9H2,1H3;1-2H3,(H,4,5)/b;10-8+;/t8-;;/m0../s1. The molecule has 1 amide bonds. The number of aryl methyl sites for hydroxylation is 1. The molecule has 0 saturated carbocycles. The van der Waals surface area contributed by atoms with Crippen molar-refractivity contribution in [1.82, 2.24) is 5.32 Å². The maximum Gasteiger partial charge on any atom is 0.216 e. The lowest BCUT2D eigenvalue weighted by molar-refractivity contribution is -0.118. The summed E-state index contributed by atoms with van der Waals surface area (Å²) >= 11 is 0. The van der Waals surface area contributed by atoms with Crippen LogP contribution in [0.1, 0.15) is 52.0 Å². The second kappa shape index (κ2) is 15.0. The Morgan fingerprint density at radius 2 is 2.00 bits per heavy atom. The highest BCUT2D eigenvalue weighted by atomic mass is 16.1. The lowest BCUT2D eigenvalue weighted by Crippen LogP contribution is -2.21. The van der Waals surface area contributed by atoms with Crippen LogP contribution in [0.5, 0.6) is 0 Å². The first kappa shape index (κ1) is 23.7. The van der Waals surface area contributed by atoms with E-state index in [9.17, 15) is 4.79 Å². The Labute approximate surface area is 160 Å². The fraction of sp³-hybridized carbons (Fsp3) is 0.435. The van der Waals surface area contributed by atoms with Crippen molar-refractivity contribution in [2.45, 2.75) is 58.9 Å². The number of allylic oxidation sites excluding steroid dienone is 4. The number of unbranched alkanes of at least 4 members (excludes halogenated alkanes) is 1. The van der Waals surface area contributed by atoms with Crippen LogP contribution in [0.3, 0.4) is 0 Å². The topological polar surface area (TPSA) is 41.1 Å². The molecule has 1 atom stereocenters. The third-order valence-corrected chi connectivity index (χ3v) is 4.03. The molecule has 2 N–H and O–H groups in total. The van der Waals surface area contributed by atoms with Gasteiger partial charge in [-0.05, 0) is 49.8 Å². The number of hydrogen-bond donors (Lipinski definition) is 2. The minimum absolute atomic E-state index is 0.00463. The van der Waals surface area contributed by atoms with Crippen LogP contribution in [0.15, 0.2) is 61.2 Å². The summed E-state index contributed by atoms with van der Waals surface area (Å²) in [5.74, 6) is 0.00463. The lowest BCUT2D eigenvalue weighted by Gasteiger charge is -2.23. The van der Waals surface area contributed by atoms with Gasteiger partial charge in [0.15, 0.2) is 0 Å². The van der Waals surface area contributed by atoms with E-state index < -0.39 is 0 Å². The fourth-order valence-corrected chi connectivity index (χ4v) is 2.37. The molecule has 144 valence electrons. The molecule has 1 aromatic carbocycles. The van der Waals surface area contributed by atoms with Gasteiger partial charge in [0, 0.05) is 25.7 Å². The average Bonchev–Trinajstić information content (AvgIpc) is 2.66. The van der Waals surface area contributed by atoms with E-state index in [0.29, 0.717) is 6.04 Å². The van der Waals surface area contributed by atoms with E-state index in [1.165, 1.54) is 49.4 Å². The number of carbonyl (C=O) groups is 1. The van der Waals surface area contributed by atoms with Gasteiger partial charge in [-0.2, -0.15) is 0 Å². The van der Waals surface area contributed by atoms with Gasteiger partial charge in [0.2, 0.25) is 5.91 Å². The van der Waals surface area contributed by atoms with Gasteiger partial charge in [0.1, 0.15) is 0 Å². The van der Waals surface area contributed by atoms with Gasteiger partial charge in [-0.25, -0.2) is 0 Å². The first-order valence-corrected chi connectivity index (χ1v) is 9.45. The maximum atomic E-state index is 9.70. The van der Waals surface area contributed by atoms with E-state index >= 15 is 0 Å². The first-order chi connectivity index (χ1) is 12.5. The van der Waals surface area contributed by atoms with Crippen molar-refractivity contribution in [3.05, 3.63) is 66.8 Å². The van der Waals surface area contributed by atoms with Gasteiger partial charge in [-0.1, -0.05) is 62.9 Å². The Kier molecular flexibility index (Phi) is 13.7. The molecule has 0 unspecified atom stereocenters. The number of para-hydroxylation sites is 1. The van der Waals surface area contributed by atoms with Gasteiger partial charge in [0.05, 0.1) is 0 Å². The van der Waals surface area contributed by atoms with Crippen LogP contribution < -0.4 is 10.6 Å². The molecular formula is C23H36N2O. The van der Waals surface area contributed by atoms with E-state index in [4.69, 9.17) is 0 Å². The number of rotatable bonds is 5. The molecule has 0 radical (unpaired) electrons. The smallest absolute Gasteiger partial charge is 0.216 e. The SMILES string of the molecule is C=C/C=C(\C=C)CCCC.CNC(C)=O.C[C@H]1CCc2ccccc2N1. The predicted molar refractivity (Wildman–Crippen MR) is 116 cm³/mol. The first-order valence-electron chi connectivity index (χ1n) is 9.45. The van der Waals surface area contributed by atoms with Crippen LogP contribution in [0.4, 0.5) is 5.69 Å². The molecule has 2 rings (SSSR count). The highest BCUT2D eigenvalue weighted by molar-refractivity contribution is 5.72. The van der Waals surface area contributed by atoms with Crippen LogP contribution in [0.25, 0.3) is 0 Å². The van der Waals surface area contributed by atoms with Crippen molar-refractivity contribution >= 4 is 11.6 Å². The van der Waals surface area contributed by atoms with Crippen molar-refractivity contribution < 1.29 is 4.79 Å². The van der Waals surface area contributed by atoms with Crippen molar-refractivity contribution in [2.75, 3.05) is 12.4 Å². The molecule has 1 heterocycles. The van der Waals surface area contributed by atoms with Crippen LogP contribution in [0.2, 0.25) is 0 Å². The summed E-state index contributed by atoms with van der Waals surface area (Å²) in [6.45, 7) is 13.2. The average molecular weight is 357 g/mol. The van der Waals surface area contributed by atoms with Crippen molar-refractivity contribution in [3.8, 4) is 0 Å². The van der Waals surface area contributed by atoms with Gasteiger partial charge < -0.3 is 10.6 Å². The molecule has 1 aliphatic rings. The molecule has 1 aliphatic heterocycles. The summed E-state index contributed by atoms with van der Waals surface area (Å²) in [7, 11) is 1.60. The zero-order valence-corrected chi connectivity index (χ0v) is 17.0. The molecule has 3 nitrogen and oxygen atoms in total. The minimum atomic E-state index is 0.00463. The summed E-state index contributed by atoms with van der Waals surface area (Å²) in [5, 5.41) is 5.85. The number of benzene rings is 1. The number of carbonyl (C=O) groups excluding carboxylic acids is 1. The van der Waals surface area contributed by atoms with E-state index in [1.807, 2.05) is 18.2 Å². The van der Waals surface area contributed by atoms with E-state index in [1.54, 1.807) is 7.05 Å². The number of nitrogens with one attached hydrogen (secondary N) is 2. The van der Waals surface area contributed by atoms with Crippen molar-refractivity contribution in [2.24, 2.45) is 0 Å². The highest BCUT2D eigenvalue weighted by Crippen LogP contribution is 2.23. The lowest BCUT2D eigenvalue weighted by atomic mass is 9.99. The molecule has 26 heavy (non-hydrogen) atoms. The quantitative estimate of drug-likeness (QED) is 0.668. The molecule has 0 fully saturated rings. The largest absolute Gasteiger partial charge is 0.382 e. The Morgan fingerprint density at radius 1 is 1.35 bits per heavy atom.